The van der Waals surface area contributed by atoms with E-state index in [0.717, 1.165) is 15.8 Å². The lowest BCUT2D eigenvalue weighted by molar-refractivity contribution is -0.116. The van der Waals surface area contributed by atoms with E-state index in [1.807, 2.05) is 35.7 Å². The number of aromatic nitrogens is 2. The summed E-state index contributed by atoms with van der Waals surface area (Å²) in [5.74, 6) is -1.14. The third-order valence-electron chi connectivity index (χ3n) is 4.41. The van der Waals surface area contributed by atoms with Crippen LogP contribution >= 0.6 is 34.5 Å². The number of nitrogens with zero attached hydrogens (tertiary/aromatic N) is 2. The lowest BCUT2D eigenvalue weighted by Gasteiger charge is -2.10. The van der Waals surface area contributed by atoms with Gasteiger partial charge in [0.15, 0.2) is 0 Å². The minimum absolute atomic E-state index is 0.169. The van der Waals surface area contributed by atoms with Crippen molar-refractivity contribution in [2.45, 2.75) is 0 Å². The zero-order chi connectivity index (χ0) is 22.0. The Kier molecular flexibility index (Phi) is 6.03. The predicted octanol–water partition coefficient (Wildman–Crippen LogP) is 3.93. The molecule has 10 heteroatoms. The number of nitrogens with one attached hydrogen (secondary N) is 2. The maximum Gasteiger partial charge on any atom is 0.281 e. The van der Waals surface area contributed by atoms with Crippen molar-refractivity contribution in [1.29, 1.82) is 0 Å². The fraction of sp³-hybridized carbons (Fsp3) is 0.0476. The number of hydrogen-bond donors (Lipinski definition) is 2. The summed E-state index contributed by atoms with van der Waals surface area (Å²) in [5, 5.41) is 5.29. The molecule has 31 heavy (non-hydrogen) atoms. The molecule has 2 N–H and O–H groups in total. The topological polar surface area (TPSA) is 93.1 Å². The minimum Gasteiger partial charge on any atom is -0.343 e. The summed E-state index contributed by atoms with van der Waals surface area (Å²) in [6.45, 7) is -0.364. The van der Waals surface area contributed by atoms with E-state index in [9.17, 15) is 14.4 Å². The van der Waals surface area contributed by atoms with E-state index in [0.29, 0.717) is 15.2 Å². The molecule has 156 valence electrons. The molecule has 0 fully saturated rings. The van der Waals surface area contributed by atoms with Crippen LogP contribution in [-0.2, 0) is 4.79 Å². The van der Waals surface area contributed by atoms with E-state index < -0.39 is 17.4 Å². The summed E-state index contributed by atoms with van der Waals surface area (Å²) >= 11 is 13.2. The summed E-state index contributed by atoms with van der Waals surface area (Å²) in [6, 6.07) is 13.9. The molecular weight excluding hydrogens is 459 g/mol. The van der Waals surface area contributed by atoms with Crippen molar-refractivity contribution < 1.29 is 9.59 Å². The molecular formula is C21H14Cl2N4O3S. The lowest BCUT2D eigenvalue weighted by Crippen LogP contribution is -2.39. The first-order valence-corrected chi connectivity index (χ1v) is 10.6. The van der Waals surface area contributed by atoms with Crippen LogP contribution in [0.5, 0.6) is 0 Å². The monoisotopic (exact) mass is 472 g/mol. The highest BCUT2D eigenvalue weighted by Gasteiger charge is 2.15. The quantitative estimate of drug-likeness (QED) is 0.460. The third-order valence-corrected chi connectivity index (χ3v) is 5.84. The molecule has 0 aliphatic heterocycles. The van der Waals surface area contributed by atoms with E-state index in [2.05, 4.69) is 15.7 Å². The molecule has 2 aromatic carbocycles. The highest BCUT2D eigenvalue weighted by molar-refractivity contribution is 7.17. The molecule has 4 aromatic rings. The van der Waals surface area contributed by atoms with Gasteiger partial charge >= 0.3 is 0 Å². The Bertz CT molecular complexity index is 1350. The van der Waals surface area contributed by atoms with Gasteiger partial charge in [0.25, 0.3) is 17.4 Å². The van der Waals surface area contributed by atoms with E-state index in [1.54, 1.807) is 0 Å². The van der Waals surface area contributed by atoms with Crippen LogP contribution in [0.3, 0.4) is 0 Å². The van der Waals surface area contributed by atoms with Crippen LogP contribution in [0.1, 0.15) is 10.4 Å². The number of halogens is 2. The van der Waals surface area contributed by atoms with Gasteiger partial charge in [-0.3, -0.25) is 19.8 Å². The second-order valence-corrected chi connectivity index (χ2v) is 8.16. The number of amides is 2. The summed E-state index contributed by atoms with van der Waals surface area (Å²) in [6.07, 6.45) is 1.24. The minimum atomic E-state index is -0.599. The molecule has 0 atom stereocenters. The van der Waals surface area contributed by atoms with Crippen LogP contribution in [0.15, 0.2) is 65.0 Å². The molecule has 0 bridgehead atoms. The van der Waals surface area contributed by atoms with Crippen LogP contribution in [0.4, 0.5) is 0 Å². The molecule has 2 aromatic heterocycles. The first-order valence-electron chi connectivity index (χ1n) is 9.01. The van der Waals surface area contributed by atoms with Gasteiger partial charge in [-0.05, 0) is 23.8 Å². The third kappa shape index (κ3) is 4.46. The molecule has 0 aliphatic rings. The van der Waals surface area contributed by atoms with Gasteiger partial charge in [0.05, 0.1) is 22.5 Å². The Morgan fingerprint density at radius 2 is 1.87 bits per heavy atom. The van der Waals surface area contributed by atoms with Gasteiger partial charge in [-0.1, -0.05) is 53.5 Å². The number of fused-ring (bicyclic) bond motifs is 1. The second kappa shape index (κ2) is 8.89. The molecule has 2 amide bonds. The summed E-state index contributed by atoms with van der Waals surface area (Å²) < 4.78 is 1.01. The van der Waals surface area contributed by atoms with E-state index in [4.69, 9.17) is 23.2 Å². The van der Waals surface area contributed by atoms with Gasteiger partial charge in [-0.15, -0.1) is 11.3 Å². The smallest absolute Gasteiger partial charge is 0.281 e. The fourth-order valence-corrected chi connectivity index (χ4v) is 4.35. The highest BCUT2D eigenvalue weighted by atomic mass is 35.5. The molecule has 0 saturated heterocycles. The second-order valence-electron chi connectivity index (χ2n) is 6.46. The van der Waals surface area contributed by atoms with Crippen molar-refractivity contribution in [3.63, 3.8) is 0 Å². The molecule has 7 nitrogen and oxygen atoms in total. The van der Waals surface area contributed by atoms with Crippen LogP contribution in [0, 0.1) is 0 Å². The van der Waals surface area contributed by atoms with Gasteiger partial charge in [0.2, 0.25) is 0 Å². The van der Waals surface area contributed by atoms with Crippen LogP contribution in [0.2, 0.25) is 10.0 Å². The predicted molar refractivity (Wildman–Crippen MR) is 122 cm³/mol. The van der Waals surface area contributed by atoms with Crippen molar-refractivity contribution in [1.82, 2.24) is 15.0 Å². The number of benzene rings is 2. The zero-order valence-electron chi connectivity index (χ0n) is 15.8. The standard InChI is InChI=1S/C21H14Cl2N4O3S/c22-13-6-7-14(16(23)8-13)19(29)24-9-17(28)26-27-11-25-20-18(21(27)30)15(10-31-20)12-4-2-1-3-5-12/h1-8,10-11H,9H2,(H,24,29)(H,26,28). The van der Waals surface area contributed by atoms with Crippen molar-refractivity contribution >= 4 is 56.6 Å². The zero-order valence-corrected chi connectivity index (χ0v) is 18.1. The SMILES string of the molecule is O=C(CNC(=O)c1ccc(Cl)cc1Cl)Nn1cnc2scc(-c3ccccc3)c2c1=O. The molecule has 0 spiro atoms. The number of hydrogen-bond acceptors (Lipinski definition) is 5. The molecule has 2 heterocycles. The molecule has 0 unspecified atom stereocenters. The Balaban J connectivity index is 1.51. The Morgan fingerprint density at radius 1 is 1.10 bits per heavy atom. The van der Waals surface area contributed by atoms with Crippen LogP contribution < -0.4 is 16.3 Å². The maximum atomic E-state index is 13.0. The largest absolute Gasteiger partial charge is 0.343 e. The van der Waals surface area contributed by atoms with E-state index in [1.165, 1.54) is 35.9 Å². The first-order chi connectivity index (χ1) is 14.9. The van der Waals surface area contributed by atoms with Crippen LogP contribution in [0.25, 0.3) is 21.3 Å². The summed E-state index contributed by atoms with van der Waals surface area (Å²) in [7, 11) is 0. The molecule has 0 saturated carbocycles. The van der Waals surface area contributed by atoms with E-state index in [-0.39, 0.29) is 17.1 Å². The van der Waals surface area contributed by atoms with Gasteiger partial charge in [0.1, 0.15) is 11.2 Å². The Morgan fingerprint density at radius 3 is 2.61 bits per heavy atom. The van der Waals surface area contributed by atoms with E-state index >= 15 is 0 Å². The van der Waals surface area contributed by atoms with Crippen molar-refractivity contribution in [3.8, 4) is 11.1 Å². The Labute approximate surface area is 190 Å². The van der Waals surface area contributed by atoms with Gasteiger partial charge in [0, 0.05) is 16.0 Å². The molecule has 4 rings (SSSR count). The van der Waals surface area contributed by atoms with Gasteiger partial charge in [-0.2, -0.15) is 0 Å². The first kappa shape index (κ1) is 21.0. The number of carbonyl (C=O) groups excluding carboxylic acids is 2. The lowest BCUT2D eigenvalue weighted by atomic mass is 10.1. The number of rotatable bonds is 5. The highest BCUT2D eigenvalue weighted by Crippen LogP contribution is 2.30. The normalized spacial score (nSPS) is 10.8. The van der Waals surface area contributed by atoms with Crippen molar-refractivity contribution in [2.75, 3.05) is 12.0 Å². The average molecular weight is 473 g/mol. The van der Waals surface area contributed by atoms with Gasteiger partial charge in [-0.25, -0.2) is 9.66 Å². The fourth-order valence-electron chi connectivity index (χ4n) is 2.95. The van der Waals surface area contributed by atoms with Crippen LogP contribution in [-0.4, -0.2) is 28.0 Å². The maximum absolute atomic E-state index is 13.0. The summed E-state index contributed by atoms with van der Waals surface area (Å²) in [5.41, 5.74) is 3.83. The van der Waals surface area contributed by atoms with Crippen molar-refractivity contribution in [3.05, 3.63) is 86.2 Å². The van der Waals surface area contributed by atoms with Gasteiger partial charge < -0.3 is 5.32 Å². The molecule has 0 radical (unpaired) electrons. The number of carbonyl (C=O) groups is 2. The summed E-state index contributed by atoms with van der Waals surface area (Å²) in [4.78, 5) is 42.3. The number of thiophene rings is 1. The van der Waals surface area contributed by atoms with Crippen molar-refractivity contribution in [2.24, 2.45) is 0 Å². The molecule has 0 aliphatic carbocycles. The average Bonchev–Trinajstić information content (AvgIpc) is 3.19. The Hall–Kier alpha value is -3.20.